The number of ether oxygens (including phenoxy) is 4. The van der Waals surface area contributed by atoms with Crippen molar-refractivity contribution in [2.45, 2.75) is 61.3 Å². The van der Waals surface area contributed by atoms with Gasteiger partial charge in [0.2, 0.25) is 0 Å². The minimum atomic E-state index is -1.86. The lowest BCUT2D eigenvalue weighted by molar-refractivity contribution is -0.347. The van der Waals surface area contributed by atoms with Crippen molar-refractivity contribution in [1.82, 2.24) is 9.91 Å². The van der Waals surface area contributed by atoms with Crippen LogP contribution >= 0.6 is 11.6 Å². The molecule has 35 heavy (non-hydrogen) atoms. The number of hydrogen-bond acceptors (Lipinski definition) is 14. The van der Waals surface area contributed by atoms with Gasteiger partial charge in [-0.15, -0.1) is 16.5 Å². The first kappa shape index (κ1) is 29.9. The van der Waals surface area contributed by atoms with Gasteiger partial charge in [0.05, 0.1) is 31.7 Å². The van der Waals surface area contributed by atoms with Gasteiger partial charge >= 0.3 is 6.03 Å². The van der Waals surface area contributed by atoms with E-state index in [0.29, 0.717) is 5.01 Å². The van der Waals surface area contributed by atoms with E-state index >= 15 is 0 Å². The molecule has 7 N–H and O–H groups in total. The Bertz CT molecular complexity index is 678. The Kier molecular flexibility index (Phi) is 11.9. The summed E-state index contributed by atoms with van der Waals surface area (Å²) in [4.78, 5) is 24.8. The Labute approximate surface area is 205 Å². The van der Waals surface area contributed by atoms with Crippen LogP contribution < -0.4 is 0 Å². The second-order valence-corrected chi connectivity index (χ2v) is 8.27. The first-order valence-corrected chi connectivity index (χ1v) is 11.2. The molecular formula is C18H32ClN3O13. The molecule has 2 rings (SSSR count). The lowest BCUT2D eigenvalue weighted by Gasteiger charge is -2.48. The van der Waals surface area contributed by atoms with E-state index in [1.165, 1.54) is 7.11 Å². The van der Waals surface area contributed by atoms with E-state index in [1.54, 1.807) is 0 Å². The van der Waals surface area contributed by atoms with E-state index in [2.05, 4.69) is 5.29 Å². The smallest absolute Gasteiger partial charge is 0.345 e. The second kappa shape index (κ2) is 13.9. The third kappa shape index (κ3) is 6.73. The standard InChI is InChI=1S/C18H32ClN3O13/c1-32-5-4-21(18(30)22(20-31)3-2-19)16-13(28)12(27)15(9(7-24)33-16)35-17-14(29)11(26)10(25)8(6-23)34-17/h8-17,23-29H,2-7H2,1H3/t8-,9-,10-,11+,12-,13-,14-,15-,16?,17-/m1/s1. The molecule has 2 amide bonds. The molecular weight excluding hydrogens is 502 g/mol. The van der Waals surface area contributed by atoms with Gasteiger partial charge in [-0.3, -0.25) is 4.90 Å². The first-order valence-electron chi connectivity index (χ1n) is 10.7. The van der Waals surface area contributed by atoms with Gasteiger partial charge in [0, 0.05) is 19.5 Å². The third-order valence-corrected chi connectivity index (χ3v) is 5.85. The van der Waals surface area contributed by atoms with Gasteiger partial charge in [-0.05, 0) is 0 Å². The number of amides is 2. The van der Waals surface area contributed by atoms with E-state index in [-0.39, 0.29) is 25.6 Å². The quantitative estimate of drug-likeness (QED) is 0.0761. The SMILES string of the molecule is COCCN(C(=O)N(CCCl)N=O)C1O[C@H](CO)[C@@H](O[C@H]2O[C@H](CO)[C@@H](O)[C@H](O)[C@H]2O)[C@H](O)[C@H]1O. The van der Waals surface area contributed by atoms with Crippen LogP contribution in [-0.4, -0.2) is 159 Å². The number of methoxy groups -OCH3 is 1. The number of alkyl halides is 1. The van der Waals surface area contributed by atoms with Crippen molar-refractivity contribution in [3.63, 3.8) is 0 Å². The molecule has 17 heteroatoms. The van der Waals surface area contributed by atoms with Crippen LogP contribution in [0.15, 0.2) is 5.29 Å². The minimum Gasteiger partial charge on any atom is -0.394 e. The molecule has 0 bridgehead atoms. The zero-order valence-corrected chi connectivity index (χ0v) is 19.6. The van der Waals surface area contributed by atoms with Crippen LogP contribution in [-0.2, 0) is 18.9 Å². The fourth-order valence-electron chi connectivity index (χ4n) is 3.75. The van der Waals surface area contributed by atoms with Crippen molar-refractivity contribution in [2.75, 3.05) is 45.9 Å². The number of hydrogen-bond donors (Lipinski definition) is 7. The van der Waals surface area contributed by atoms with Crippen molar-refractivity contribution in [1.29, 1.82) is 0 Å². The Morgan fingerprint density at radius 3 is 2.14 bits per heavy atom. The number of halogens is 1. The Balaban J connectivity index is 2.25. The van der Waals surface area contributed by atoms with Crippen molar-refractivity contribution < 1.29 is 59.5 Å². The van der Waals surface area contributed by atoms with Crippen LogP contribution in [0.3, 0.4) is 0 Å². The van der Waals surface area contributed by atoms with Gasteiger partial charge in [0.1, 0.15) is 48.8 Å². The van der Waals surface area contributed by atoms with E-state index in [0.717, 1.165) is 4.90 Å². The van der Waals surface area contributed by atoms with Crippen LogP contribution in [0.5, 0.6) is 0 Å². The summed E-state index contributed by atoms with van der Waals surface area (Å²) < 4.78 is 21.3. The molecule has 0 radical (unpaired) electrons. The predicted molar refractivity (Wildman–Crippen MR) is 114 cm³/mol. The molecule has 0 saturated carbocycles. The molecule has 16 nitrogen and oxygen atoms in total. The number of nitroso groups, excluding NO2 is 1. The van der Waals surface area contributed by atoms with E-state index in [4.69, 9.17) is 30.5 Å². The maximum atomic E-state index is 12.8. The van der Waals surface area contributed by atoms with Crippen molar-refractivity contribution in [2.24, 2.45) is 5.29 Å². The zero-order chi connectivity index (χ0) is 26.3. The van der Waals surface area contributed by atoms with Crippen molar-refractivity contribution in [3.8, 4) is 0 Å². The van der Waals surface area contributed by atoms with Gasteiger partial charge in [0.25, 0.3) is 0 Å². The van der Waals surface area contributed by atoms with Crippen LogP contribution in [0.4, 0.5) is 4.79 Å². The molecule has 2 fully saturated rings. The highest BCUT2D eigenvalue weighted by molar-refractivity contribution is 6.18. The normalized spacial score (nSPS) is 37.6. The number of nitrogens with zero attached hydrogens (tertiary/aromatic N) is 3. The summed E-state index contributed by atoms with van der Waals surface area (Å²) in [6.07, 6.45) is -16.5. The molecule has 204 valence electrons. The van der Waals surface area contributed by atoms with Gasteiger partial charge in [-0.25, -0.2) is 4.79 Å². The van der Waals surface area contributed by atoms with Crippen LogP contribution in [0, 0.1) is 4.91 Å². The molecule has 0 aromatic carbocycles. The zero-order valence-electron chi connectivity index (χ0n) is 18.8. The topological polar surface area (TPSA) is 232 Å². The highest BCUT2D eigenvalue weighted by Crippen LogP contribution is 2.30. The molecule has 2 aliphatic heterocycles. The predicted octanol–water partition coefficient (Wildman–Crippen LogP) is -4.10. The maximum Gasteiger partial charge on any atom is 0.345 e. The molecule has 0 aromatic heterocycles. The van der Waals surface area contributed by atoms with Crippen molar-refractivity contribution >= 4 is 17.6 Å². The van der Waals surface area contributed by atoms with Crippen LogP contribution in [0.1, 0.15) is 0 Å². The van der Waals surface area contributed by atoms with E-state index in [1.807, 2.05) is 0 Å². The second-order valence-electron chi connectivity index (χ2n) is 7.89. The largest absolute Gasteiger partial charge is 0.394 e. The minimum absolute atomic E-state index is 0.0590. The van der Waals surface area contributed by atoms with Gasteiger partial charge in [-0.2, -0.15) is 5.01 Å². The van der Waals surface area contributed by atoms with E-state index in [9.17, 15) is 45.4 Å². The number of carbonyl (C=O) groups excluding carboxylic acids is 1. The first-order chi connectivity index (χ1) is 16.7. The van der Waals surface area contributed by atoms with Crippen LogP contribution in [0.25, 0.3) is 0 Å². The molecule has 2 heterocycles. The summed E-state index contributed by atoms with van der Waals surface area (Å²) in [5, 5.41) is 73.8. The summed E-state index contributed by atoms with van der Waals surface area (Å²) in [5.74, 6) is -0.124. The molecule has 10 atom stereocenters. The number of carbonyl (C=O) groups is 1. The lowest BCUT2D eigenvalue weighted by Crippen LogP contribution is -2.67. The Morgan fingerprint density at radius 2 is 1.60 bits per heavy atom. The monoisotopic (exact) mass is 533 g/mol. The number of aliphatic hydroxyl groups is 7. The summed E-state index contributed by atoms with van der Waals surface area (Å²) in [6, 6.07) is -1.01. The highest BCUT2D eigenvalue weighted by Gasteiger charge is 2.52. The molecule has 1 unspecified atom stereocenters. The molecule has 2 aliphatic rings. The molecule has 0 aliphatic carbocycles. The number of rotatable bonds is 11. The fraction of sp³-hybridized carbons (Fsp3) is 0.944. The average molecular weight is 534 g/mol. The van der Waals surface area contributed by atoms with Crippen molar-refractivity contribution in [3.05, 3.63) is 4.91 Å². The summed E-state index contributed by atoms with van der Waals surface area (Å²) in [6.45, 7) is -2.06. The average Bonchev–Trinajstić information content (AvgIpc) is 2.86. The Morgan fingerprint density at radius 1 is 0.943 bits per heavy atom. The van der Waals surface area contributed by atoms with Gasteiger partial charge in [0.15, 0.2) is 12.5 Å². The Hall–Kier alpha value is -1.28. The van der Waals surface area contributed by atoms with E-state index < -0.39 is 80.6 Å². The maximum absolute atomic E-state index is 12.8. The van der Waals surface area contributed by atoms with Crippen LogP contribution in [0.2, 0.25) is 0 Å². The van der Waals surface area contributed by atoms with Gasteiger partial charge in [-0.1, -0.05) is 0 Å². The number of aliphatic hydroxyl groups excluding tert-OH is 7. The number of urea groups is 1. The highest BCUT2D eigenvalue weighted by atomic mass is 35.5. The van der Waals surface area contributed by atoms with Gasteiger partial charge < -0.3 is 54.7 Å². The summed E-state index contributed by atoms with van der Waals surface area (Å²) in [7, 11) is 1.34. The molecule has 0 spiro atoms. The molecule has 0 aromatic rings. The summed E-state index contributed by atoms with van der Waals surface area (Å²) in [5.41, 5.74) is 0. The third-order valence-electron chi connectivity index (χ3n) is 5.68. The summed E-state index contributed by atoms with van der Waals surface area (Å²) >= 11 is 5.59. The fourth-order valence-corrected chi connectivity index (χ4v) is 3.91. The lowest BCUT2D eigenvalue weighted by atomic mass is 9.96. The molecule has 2 saturated heterocycles.